The largest absolute Gasteiger partial charge is 0.388 e. The van der Waals surface area contributed by atoms with Gasteiger partial charge in [-0.1, -0.05) is 0 Å². The van der Waals surface area contributed by atoms with E-state index in [9.17, 15) is 5.11 Å². The number of hydrogen-bond donors (Lipinski definition) is 1. The van der Waals surface area contributed by atoms with Gasteiger partial charge in [0.1, 0.15) is 0 Å². The molecule has 2 aromatic rings. The number of nitrogens with zero attached hydrogens (tertiary/aromatic N) is 3. The van der Waals surface area contributed by atoms with Crippen molar-refractivity contribution in [2.75, 3.05) is 13.2 Å². The molecule has 1 unspecified atom stereocenters. The molecule has 17 heavy (non-hydrogen) atoms. The first-order valence-electron chi connectivity index (χ1n) is 5.89. The molecule has 1 aliphatic heterocycles. The molecule has 1 atom stereocenters. The van der Waals surface area contributed by atoms with Crippen LogP contribution in [-0.4, -0.2) is 32.9 Å². The lowest BCUT2D eigenvalue weighted by molar-refractivity contribution is 0.00769. The monoisotopic (exact) mass is 233 g/mol. The minimum atomic E-state index is -0.472. The minimum Gasteiger partial charge on any atom is -0.388 e. The Kier molecular flexibility index (Phi) is 2.78. The molecule has 1 aliphatic rings. The van der Waals surface area contributed by atoms with Crippen LogP contribution < -0.4 is 0 Å². The third-order valence-electron chi connectivity index (χ3n) is 3.39. The standard InChI is InChI=1S/C12H15N3O2/c16-12(9-1-5-17-6-2-9)10-7-14-15-4-3-13-8-11(10)15/h3-4,7-9,12,16H,1-2,5-6H2. The van der Waals surface area contributed by atoms with Gasteiger partial charge in [0.05, 0.1) is 24.0 Å². The van der Waals surface area contributed by atoms with Crippen LogP contribution in [0.15, 0.2) is 24.8 Å². The molecule has 1 saturated heterocycles. The maximum Gasteiger partial charge on any atom is 0.0903 e. The molecule has 0 aromatic carbocycles. The van der Waals surface area contributed by atoms with E-state index >= 15 is 0 Å². The minimum absolute atomic E-state index is 0.261. The maximum atomic E-state index is 10.4. The highest BCUT2D eigenvalue weighted by atomic mass is 16.5. The molecule has 0 amide bonds. The number of hydrogen-bond acceptors (Lipinski definition) is 4. The highest BCUT2D eigenvalue weighted by molar-refractivity contribution is 5.52. The fourth-order valence-electron chi connectivity index (χ4n) is 2.37. The van der Waals surface area contributed by atoms with E-state index in [1.807, 2.05) is 0 Å². The van der Waals surface area contributed by atoms with Crippen molar-refractivity contribution in [1.82, 2.24) is 14.6 Å². The SMILES string of the molecule is OC(c1cnn2ccncc12)C1CCOCC1. The van der Waals surface area contributed by atoms with Crippen molar-refractivity contribution in [3.8, 4) is 0 Å². The van der Waals surface area contributed by atoms with E-state index in [1.54, 1.807) is 29.3 Å². The summed E-state index contributed by atoms with van der Waals surface area (Å²) in [5, 5.41) is 14.6. The van der Waals surface area contributed by atoms with Gasteiger partial charge in [-0.15, -0.1) is 0 Å². The molecule has 0 saturated carbocycles. The molecule has 1 N–H and O–H groups in total. The summed E-state index contributed by atoms with van der Waals surface area (Å²) in [4.78, 5) is 4.08. The Labute approximate surface area is 99.0 Å². The van der Waals surface area contributed by atoms with E-state index in [0.29, 0.717) is 0 Å². The van der Waals surface area contributed by atoms with Gasteiger partial charge in [0.2, 0.25) is 0 Å². The lowest BCUT2D eigenvalue weighted by atomic mass is 9.90. The third kappa shape index (κ3) is 1.92. The smallest absolute Gasteiger partial charge is 0.0903 e. The van der Waals surface area contributed by atoms with Crippen molar-refractivity contribution in [3.63, 3.8) is 0 Å². The van der Waals surface area contributed by atoms with Gasteiger partial charge in [-0.05, 0) is 18.8 Å². The second-order valence-electron chi connectivity index (χ2n) is 4.40. The van der Waals surface area contributed by atoms with Crippen LogP contribution in [0, 0.1) is 5.92 Å². The molecular weight excluding hydrogens is 218 g/mol. The summed E-state index contributed by atoms with van der Waals surface area (Å²) in [6.45, 7) is 1.47. The van der Waals surface area contributed by atoms with Gasteiger partial charge in [0.15, 0.2) is 0 Å². The van der Waals surface area contributed by atoms with Crippen molar-refractivity contribution >= 4 is 5.52 Å². The fraction of sp³-hybridized carbons (Fsp3) is 0.500. The quantitative estimate of drug-likeness (QED) is 0.846. The molecule has 0 radical (unpaired) electrons. The van der Waals surface area contributed by atoms with E-state index in [4.69, 9.17) is 4.74 Å². The molecule has 0 aliphatic carbocycles. The van der Waals surface area contributed by atoms with E-state index in [0.717, 1.165) is 37.1 Å². The Morgan fingerprint density at radius 2 is 2.18 bits per heavy atom. The van der Waals surface area contributed by atoms with Crippen LogP contribution in [0.3, 0.4) is 0 Å². The predicted molar refractivity (Wildman–Crippen MR) is 61.5 cm³/mol. The van der Waals surface area contributed by atoms with Crippen LogP contribution in [0.2, 0.25) is 0 Å². The molecule has 90 valence electrons. The van der Waals surface area contributed by atoms with E-state index in [2.05, 4.69) is 10.1 Å². The third-order valence-corrected chi connectivity index (χ3v) is 3.39. The second kappa shape index (κ2) is 4.43. The first-order valence-corrected chi connectivity index (χ1v) is 5.89. The Balaban J connectivity index is 1.92. The van der Waals surface area contributed by atoms with Crippen LogP contribution in [0.5, 0.6) is 0 Å². The summed E-state index contributed by atoms with van der Waals surface area (Å²) in [5.41, 5.74) is 1.75. The molecule has 3 rings (SSSR count). The molecule has 5 nitrogen and oxygen atoms in total. The van der Waals surface area contributed by atoms with Gasteiger partial charge in [-0.3, -0.25) is 4.98 Å². The Bertz CT molecular complexity index is 505. The predicted octanol–water partition coefficient (Wildman–Crippen LogP) is 1.19. The maximum absolute atomic E-state index is 10.4. The van der Waals surface area contributed by atoms with Crippen molar-refractivity contribution in [1.29, 1.82) is 0 Å². The van der Waals surface area contributed by atoms with Crippen LogP contribution in [-0.2, 0) is 4.74 Å². The Hall–Kier alpha value is -1.46. The number of aromatic nitrogens is 3. The number of rotatable bonds is 2. The van der Waals surface area contributed by atoms with Gasteiger partial charge < -0.3 is 9.84 Å². The average molecular weight is 233 g/mol. The summed E-state index contributed by atoms with van der Waals surface area (Å²) >= 11 is 0. The number of aliphatic hydroxyl groups is 1. The van der Waals surface area contributed by atoms with Crippen LogP contribution in [0.1, 0.15) is 24.5 Å². The van der Waals surface area contributed by atoms with Crippen LogP contribution in [0.4, 0.5) is 0 Å². The van der Waals surface area contributed by atoms with Crippen molar-refractivity contribution in [3.05, 3.63) is 30.4 Å². The highest BCUT2D eigenvalue weighted by Crippen LogP contribution is 2.31. The van der Waals surface area contributed by atoms with E-state index in [1.165, 1.54) is 0 Å². The molecular formula is C12H15N3O2. The van der Waals surface area contributed by atoms with Crippen LogP contribution in [0.25, 0.3) is 5.52 Å². The summed E-state index contributed by atoms with van der Waals surface area (Å²) < 4.78 is 7.05. The topological polar surface area (TPSA) is 59.7 Å². The Morgan fingerprint density at radius 3 is 3.00 bits per heavy atom. The van der Waals surface area contributed by atoms with Gasteiger partial charge in [-0.2, -0.15) is 5.10 Å². The average Bonchev–Trinajstić information content (AvgIpc) is 2.83. The normalized spacial score (nSPS) is 19.6. The fourth-order valence-corrected chi connectivity index (χ4v) is 2.37. The molecule has 0 bridgehead atoms. The molecule has 1 fully saturated rings. The number of fused-ring (bicyclic) bond motifs is 1. The summed E-state index contributed by atoms with van der Waals surface area (Å²) in [6.07, 6.45) is 8.28. The zero-order valence-electron chi connectivity index (χ0n) is 9.49. The van der Waals surface area contributed by atoms with E-state index in [-0.39, 0.29) is 5.92 Å². The summed E-state index contributed by atoms with van der Waals surface area (Å²) in [5.74, 6) is 0.261. The number of ether oxygens (including phenoxy) is 1. The second-order valence-corrected chi connectivity index (χ2v) is 4.40. The zero-order chi connectivity index (χ0) is 11.7. The lowest BCUT2D eigenvalue weighted by Gasteiger charge is -2.26. The highest BCUT2D eigenvalue weighted by Gasteiger charge is 2.25. The first-order chi connectivity index (χ1) is 8.36. The van der Waals surface area contributed by atoms with Gasteiger partial charge in [0.25, 0.3) is 0 Å². The molecule has 2 aromatic heterocycles. The van der Waals surface area contributed by atoms with E-state index < -0.39 is 6.10 Å². The van der Waals surface area contributed by atoms with Gasteiger partial charge >= 0.3 is 0 Å². The summed E-state index contributed by atoms with van der Waals surface area (Å²) in [6, 6.07) is 0. The first kappa shape index (κ1) is 10.7. The lowest BCUT2D eigenvalue weighted by Crippen LogP contribution is -2.21. The summed E-state index contributed by atoms with van der Waals surface area (Å²) in [7, 11) is 0. The van der Waals surface area contributed by atoms with Crippen molar-refractivity contribution in [2.45, 2.75) is 18.9 Å². The van der Waals surface area contributed by atoms with Crippen LogP contribution >= 0.6 is 0 Å². The Morgan fingerprint density at radius 1 is 1.35 bits per heavy atom. The van der Waals surface area contributed by atoms with Gasteiger partial charge in [-0.25, -0.2) is 4.52 Å². The molecule has 5 heteroatoms. The van der Waals surface area contributed by atoms with Crippen molar-refractivity contribution < 1.29 is 9.84 Å². The number of aliphatic hydroxyl groups excluding tert-OH is 1. The van der Waals surface area contributed by atoms with Crippen molar-refractivity contribution in [2.24, 2.45) is 5.92 Å². The van der Waals surface area contributed by atoms with Gasteiger partial charge in [0, 0.05) is 31.2 Å². The molecule has 0 spiro atoms. The zero-order valence-corrected chi connectivity index (χ0v) is 9.49. The molecule has 3 heterocycles.